The normalized spacial score (nSPS) is 19.0. The fourth-order valence-electron chi connectivity index (χ4n) is 4.27. The molecule has 0 unspecified atom stereocenters. The average Bonchev–Trinajstić information content (AvgIpc) is 3.33. The Balaban J connectivity index is 1.66. The summed E-state index contributed by atoms with van der Waals surface area (Å²) in [5.41, 5.74) is 0.523. The van der Waals surface area contributed by atoms with Gasteiger partial charge in [0.2, 0.25) is 17.2 Å². The summed E-state index contributed by atoms with van der Waals surface area (Å²) in [7, 11) is 0. The summed E-state index contributed by atoms with van der Waals surface area (Å²) in [6.45, 7) is 0. The molecule has 1 aliphatic rings. The third-order valence-corrected chi connectivity index (χ3v) is 6.05. The molecule has 2 atom stereocenters. The van der Waals surface area contributed by atoms with E-state index in [0.29, 0.717) is 11.1 Å². The van der Waals surface area contributed by atoms with Crippen molar-refractivity contribution in [2.45, 2.75) is 18.0 Å². The van der Waals surface area contributed by atoms with Gasteiger partial charge in [0, 0.05) is 16.7 Å². The van der Waals surface area contributed by atoms with Gasteiger partial charge in [0.15, 0.2) is 6.29 Å². The second-order valence-electron chi connectivity index (χ2n) is 8.31. The summed E-state index contributed by atoms with van der Waals surface area (Å²) >= 11 is 0. The van der Waals surface area contributed by atoms with Gasteiger partial charge in [0.05, 0.1) is 0 Å². The average molecular weight is 461 g/mol. The Bertz CT molecular complexity index is 1260. The van der Waals surface area contributed by atoms with Crippen molar-refractivity contribution < 1.29 is 19.1 Å². The van der Waals surface area contributed by atoms with Crippen LogP contribution in [0.15, 0.2) is 127 Å². The minimum atomic E-state index is -1.89. The number of rotatable bonds is 7. The number of hydrogen-bond donors (Lipinski definition) is 0. The van der Waals surface area contributed by atoms with Crippen LogP contribution in [0.4, 0.5) is 0 Å². The molecule has 172 valence electrons. The van der Waals surface area contributed by atoms with Gasteiger partial charge in [-0.25, -0.2) is 0 Å². The zero-order chi connectivity index (χ0) is 24.1. The second-order valence-corrected chi connectivity index (χ2v) is 8.31. The summed E-state index contributed by atoms with van der Waals surface area (Å²) in [5.74, 6) is -0.874. The van der Waals surface area contributed by atoms with Crippen LogP contribution in [0, 0.1) is 0 Å². The summed E-state index contributed by atoms with van der Waals surface area (Å²) in [6, 6.07) is 36.5. The standard InChI is InChI=1S/C31H24O4/c32-28(24-15-7-2-8-16-24)31(29(33)25-17-9-3-10-18-25)27(22-21-23-13-5-1-6-14-23)34-30(35-31)26-19-11-4-12-20-26/h1-22,27,30H/b22-21+/t27-,30-/m1/s1. The molecule has 0 N–H and O–H groups in total. The maximum Gasteiger partial charge on any atom is 0.226 e. The quantitative estimate of drug-likeness (QED) is 0.239. The molecule has 5 rings (SSSR count). The third kappa shape index (κ3) is 4.50. The number of carbonyl (C=O) groups excluding carboxylic acids is 2. The number of Topliss-reactive ketones (excluding diaryl/α,β-unsaturated/α-hetero) is 2. The molecule has 0 bridgehead atoms. The van der Waals surface area contributed by atoms with Crippen LogP contribution in [0.1, 0.15) is 38.1 Å². The molecule has 1 heterocycles. The van der Waals surface area contributed by atoms with Crippen molar-refractivity contribution in [2.24, 2.45) is 0 Å². The van der Waals surface area contributed by atoms with Gasteiger partial charge in [-0.15, -0.1) is 0 Å². The predicted octanol–water partition coefficient (Wildman–Crippen LogP) is 6.32. The van der Waals surface area contributed by atoms with E-state index in [9.17, 15) is 9.59 Å². The third-order valence-electron chi connectivity index (χ3n) is 6.05. The Labute approximate surface area is 204 Å². The SMILES string of the molecule is O=C(c1ccccc1)C1(C(=O)c2ccccc2)O[C@H](c2ccccc2)O[C@@H]1/C=C/c1ccccc1. The lowest BCUT2D eigenvalue weighted by molar-refractivity contribution is -0.0744. The Kier molecular flexibility index (Phi) is 6.49. The lowest BCUT2D eigenvalue weighted by atomic mass is 9.80. The summed E-state index contributed by atoms with van der Waals surface area (Å²) in [6.07, 6.45) is 1.77. The highest BCUT2D eigenvalue weighted by Crippen LogP contribution is 2.43. The Morgan fingerprint density at radius 3 is 1.60 bits per heavy atom. The predicted molar refractivity (Wildman–Crippen MR) is 135 cm³/mol. The van der Waals surface area contributed by atoms with Gasteiger partial charge in [-0.05, 0) is 5.56 Å². The van der Waals surface area contributed by atoms with E-state index in [1.165, 1.54) is 0 Å². The fourth-order valence-corrected chi connectivity index (χ4v) is 4.27. The number of ketones is 2. The zero-order valence-electron chi connectivity index (χ0n) is 19.0. The first kappa shape index (κ1) is 22.7. The second kappa shape index (κ2) is 10.0. The molecule has 4 aromatic carbocycles. The van der Waals surface area contributed by atoms with Gasteiger partial charge in [-0.2, -0.15) is 0 Å². The van der Waals surface area contributed by atoms with E-state index in [1.807, 2.05) is 78.9 Å². The molecule has 4 nitrogen and oxygen atoms in total. The molecule has 1 fully saturated rings. The van der Waals surface area contributed by atoms with Crippen LogP contribution in [0.25, 0.3) is 6.08 Å². The minimum Gasteiger partial charge on any atom is -0.337 e. The van der Waals surface area contributed by atoms with Crippen molar-refractivity contribution >= 4 is 17.6 Å². The highest BCUT2D eigenvalue weighted by atomic mass is 16.7. The van der Waals surface area contributed by atoms with E-state index in [0.717, 1.165) is 11.1 Å². The van der Waals surface area contributed by atoms with Crippen LogP contribution >= 0.6 is 0 Å². The zero-order valence-corrected chi connectivity index (χ0v) is 19.0. The summed E-state index contributed by atoms with van der Waals surface area (Å²) in [5, 5.41) is 0. The monoisotopic (exact) mass is 460 g/mol. The van der Waals surface area contributed by atoms with Gasteiger partial charge in [0.25, 0.3) is 0 Å². The maximum atomic E-state index is 14.1. The lowest BCUT2D eigenvalue weighted by Gasteiger charge is -2.28. The summed E-state index contributed by atoms with van der Waals surface area (Å²) < 4.78 is 12.7. The van der Waals surface area contributed by atoms with E-state index < -0.39 is 29.6 Å². The Morgan fingerprint density at radius 1 is 0.629 bits per heavy atom. The van der Waals surface area contributed by atoms with Crippen molar-refractivity contribution in [3.63, 3.8) is 0 Å². The van der Waals surface area contributed by atoms with Crippen molar-refractivity contribution in [2.75, 3.05) is 0 Å². The van der Waals surface area contributed by atoms with Crippen molar-refractivity contribution in [3.8, 4) is 0 Å². The molecule has 0 spiro atoms. The number of hydrogen-bond acceptors (Lipinski definition) is 4. The molecule has 1 aliphatic heterocycles. The molecule has 0 amide bonds. The van der Waals surface area contributed by atoms with Crippen molar-refractivity contribution in [3.05, 3.63) is 150 Å². The lowest BCUT2D eigenvalue weighted by Crippen LogP contribution is -2.53. The highest BCUT2D eigenvalue weighted by Gasteiger charge is 2.60. The first-order chi connectivity index (χ1) is 17.2. The minimum absolute atomic E-state index is 0.382. The van der Waals surface area contributed by atoms with Gasteiger partial charge in [-0.3, -0.25) is 9.59 Å². The molecule has 0 aromatic heterocycles. The maximum absolute atomic E-state index is 14.1. The van der Waals surface area contributed by atoms with Crippen LogP contribution in [0.5, 0.6) is 0 Å². The van der Waals surface area contributed by atoms with Crippen LogP contribution in [0.2, 0.25) is 0 Å². The van der Waals surface area contributed by atoms with E-state index in [-0.39, 0.29) is 0 Å². The van der Waals surface area contributed by atoms with Crippen LogP contribution in [-0.4, -0.2) is 23.3 Å². The van der Waals surface area contributed by atoms with Crippen LogP contribution in [-0.2, 0) is 9.47 Å². The topological polar surface area (TPSA) is 52.6 Å². The number of benzene rings is 4. The number of ether oxygens (including phenoxy) is 2. The van der Waals surface area contributed by atoms with Gasteiger partial charge >= 0.3 is 0 Å². The van der Waals surface area contributed by atoms with E-state index in [1.54, 1.807) is 54.6 Å². The largest absolute Gasteiger partial charge is 0.337 e. The van der Waals surface area contributed by atoms with Crippen molar-refractivity contribution in [1.82, 2.24) is 0 Å². The van der Waals surface area contributed by atoms with Crippen LogP contribution < -0.4 is 0 Å². The first-order valence-corrected chi connectivity index (χ1v) is 11.5. The van der Waals surface area contributed by atoms with Crippen LogP contribution in [0.3, 0.4) is 0 Å². The van der Waals surface area contributed by atoms with Gasteiger partial charge in [-0.1, -0.05) is 133 Å². The van der Waals surface area contributed by atoms with Gasteiger partial charge < -0.3 is 9.47 Å². The van der Waals surface area contributed by atoms with E-state index >= 15 is 0 Å². The van der Waals surface area contributed by atoms with E-state index in [4.69, 9.17) is 9.47 Å². The number of carbonyl (C=O) groups is 2. The van der Waals surface area contributed by atoms with E-state index in [2.05, 4.69) is 0 Å². The molecule has 4 heteroatoms. The first-order valence-electron chi connectivity index (χ1n) is 11.5. The Hall–Kier alpha value is -4.12. The molecular formula is C31H24O4. The smallest absolute Gasteiger partial charge is 0.226 e. The summed E-state index contributed by atoms with van der Waals surface area (Å²) in [4.78, 5) is 28.2. The molecule has 0 radical (unpaired) electrons. The molecule has 4 aromatic rings. The molecule has 0 aliphatic carbocycles. The van der Waals surface area contributed by atoms with Crippen molar-refractivity contribution in [1.29, 1.82) is 0 Å². The Morgan fingerprint density at radius 2 is 1.09 bits per heavy atom. The molecular weight excluding hydrogens is 436 g/mol. The van der Waals surface area contributed by atoms with Gasteiger partial charge in [0.1, 0.15) is 6.10 Å². The fraction of sp³-hybridized carbons (Fsp3) is 0.0968. The molecule has 1 saturated heterocycles. The molecule has 35 heavy (non-hydrogen) atoms. The highest BCUT2D eigenvalue weighted by molar-refractivity contribution is 6.23. The molecule has 0 saturated carbocycles.